The van der Waals surface area contributed by atoms with Gasteiger partial charge in [0.25, 0.3) is 0 Å². The standard InChI is InChI=1S/C24H31NO3/c1-4-8-19-12-13-23(24(15-19)27-3)28-17-20(26)16-25-14-7-11-22(25)21-10-6-5-9-18(21)2/h4-6,8-10,12-13,15,20,22,26H,7,11,14,16-17H2,1-3H3. The second-order valence-electron chi connectivity index (χ2n) is 7.38. The average molecular weight is 382 g/mol. The Morgan fingerprint density at radius 2 is 2.04 bits per heavy atom. The third-order valence-electron chi connectivity index (χ3n) is 5.33. The first-order valence-corrected chi connectivity index (χ1v) is 10.0. The molecule has 0 saturated carbocycles. The summed E-state index contributed by atoms with van der Waals surface area (Å²) in [6.07, 6.45) is 5.75. The minimum absolute atomic E-state index is 0.246. The van der Waals surface area contributed by atoms with Gasteiger partial charge in [0.1, 0.15) is 12.7 Å². The Labute approximate surface area is 168 Å². The second kappa shape index (κ2) is 9.76. The third-order valence-corrected chi connectivity index (χ3v) is 5.33. The molecular formula is C24H31NO3. The SMILES string of the molecule is CC=Cc1ccc(OCC(O)CN2CCCC2c2ccccc2C)c(OC)c1. The van der Waals surface area contributed by atoms with E-state index in [0.29, 0.717) is 24.1 Å². The van der Waals surface area contributed by atoms with Crippen LogP contribution in [-0.4, -0.2) is 42.9 Å². The molecule has 4 heteroatoms. The first-order valence-electron chi connectivity index (χ1n) is 10.0. The van der Waals surface area contributed by atoms with E-state index in [1.54, 1.807) is 7.11 Å². The molecule has 0 aliphatic carbocycles. The molecule has 0 spiro atoms. The molecular weight excluding hydrogens is 350 g/mol. The number of likely N-dealkylation sites (tertiary alicyclic amines) is 1. The number of methoxy groups -OCH3 is 1. The van der Waals surface area contributed by atoms with Gasteiger partial charge < -0.3 is 14.6 Å². The molecule has 28 heavy (non-hydrogen) atoms. The van der Waals surface area contributed by atoms with Crippen LogP contribution in [0, 0.1) is 6.92 Å². The van der Waals surface area contributed by atoms with Gasteiger partial charge >= 0.3 is 0 Å². The van der Waals surface area contributed by atoms with Gasteiger partial charge in [0, 0.05) is 12.6 Å². The molecule has 0 bridgehead atoms. The summed E-state index contributed by atoms with van der Waals surface area (Å²) < 4.78 is 11.3. The molecule has 2 aromatic carbocycles. The van der Waals surface area contributed by atoms with Crippen LogP contribution in [0.2, 0.25) is 0 Å². The molecule has 1 N–H and O–H groups in total. The van der Waals surface area contributed by atoms with Crippen LogP contribution < -0.4 is 9.47 Å². The fourth-order valence-corrected chi connectivity index (χ4v) is 3.97. The summed E-state index contributed by atoms with van der Waals surface area (Å²) >= 11 is 0. The van der Waals surface area contributed by atoms with Gasteiger partial charge in [0.2, 0.25) is 0 Å². The summed E-state index contributed by atoms with van der Waals surface area (Å²) in [6.45, 7) is 6.01. The lowest BCUT2D eigenvalue weighted by Crippen LogP contribution is -2.35. The zero-order valence-electron chi connectivity index (χ0n) is 17.1. The Kier molecular flexibility index (Phi) is 7.12. The fraction of sp³-hybridized carbons (Fsp3) is 0.417. The van der Waals surface area contributed by atoms with E-state index in [-0.39, 0.29) is 6.61 Å². The van der Waals surface area contributed by atoms with Gasteiger partial charge in [0.15, 0.2) is 11.5 Å². The van der Waals surface area contributed by atoms with Crippen LogP contribution >= 0.6 is 0 Å². The fourth-order valence-electron chi connectivity index (χ4n) is 3.97. The summed E-state index contributed by atoms with van der Waals surface area (Å²) in [7, 11) is 1.63. The van der Waals surface area contributed by atoms with Crippen molar-refractivity contribution in [1.82, 2.24) is 4.90 Å². The Hall–Kier alpha value is -2.30. The highest BCUT2D eigenvalue weighted by molar-refractivity contribution is 5.55. The summed E-state index contributed by atoms with van der Waals surface area (Å²) in [6, 6.07) is 14.7. The molecule has 2 aromatic rings. The van der Waals surface area contributed by atoms with Crippen LogP contribution in [0.4, 0.5) is 0 Å². The summed E-state index contributed by atoms with van der Waals surface area (Å²) in [5.41, 5.74) is 3.75. The lowest BCUT2D eigenvalue weighted by Gasteiger charge is -2.28. The number of hydrogen-bond donors (Lipinski definition) is 1. The summed E-state index contributed by atoms with van der Waals surface area (Å²) in [4.78, 5) is 2.38. The first kappa shape index (κ1) is 20.4. The maximum Gasteiger partial charge on any atom is 0.161 e. The minimum atomic E-state index is -0.551. The molecule has 1 fully saturated rings. The van der Waals surface area contributed by atoms with Crippen molar-refractivity contribution in [3.63, 3.8) is 0 Å². The van der Waals surface area contributed by atoms with Gasteiger partial charge in [-0.05, 0) is 62.1 Å². The van der Waals surface area contributed by atoms with Crippen LogP contribution in [0.15, 0.2) is 48.5 Å². The van der Waals surface area contributed by atoms with E-state index in [2.05, 4.69) is 36.1 Å². The van der Waals surface area contributed by atoms with Crippen molar-refractivity contribution < 1.29 is 14.6 Å². The van der Waals surface area contributed by atoms with E-state index in [9.17, 15) is 5.11 Å². The quantitative estimate of drug-likeness (QED) is 0.725. The van der Waals surface area contributed by atoms with Crippen LogP contribution in [-0.2, 0) is 0 Å². The summed E-state index contributed by atoms with van der Waals surface area (Å²) in [5, 5.41) is 10.6. The van der Waals surface area contributed by atoms with Crippen molar-refractivity contribution in [3.8, 4) is 11.5 Å². The molecule has 0 radical (unpaired) electrons. The number of nitrogens with zero attached hydrogens (tertiary/aromatic N) is 1. The van der Waals surface area contributed by atoms with E-state index in [4.69, 9.17) is 9.47 Å². The molecule has 3 rings (SSSR count). The Morgan fingerprint density at radius 3 is 2.79 bits per heavy atom. The van der Waals surface area contributed by atoms with Gasteiger partial charge in [-0.25, -0.2) is 0 Å². The van der Waals surface area contributed by atoms with Gasteiger partial charge in [-0.1, -0.05) is 42.5 Å². The molecule has 150 valence electrons. The average Bonchev–Trinajstić information content (AvgIpc) is 3.15. The van der Waals surface area contributed by atoms with Crippen molar-refractivity contribution in [3.05, 3.63) is 65.2 Å². The Morgan fingerprint density at radius 1 is 1.21 bits per heavy atom. The van der Waals surface area contributed by atoms with E-state index >= 15 is 0 Å². The molecule has 0 amide bonds. The van der Waals surface area contributed by atoms with Crippen molar-refractivity contribution in [2.75, 3.05) is 26.8 Å². The van der Waals surface area contributed by atoms with Gasteiger partial charge in [-0.2, -0.15) is 0 Å². The maximum atomic E-state index is 10.6. The molecule has 0 aromatic heterocycles. The van der Waals surface area contributed by atoms with Crippen LogP contribution in [0.25, 0.3) is 6.08 Å². The van der Waals surface area contributed by atoms with E-state index in [1.807, 2.05) is 37.3 Å². The second-order valence-corrected chi connectivity index (χ2v) is 7.38. The maximum absolute atomic E-state index is 10.6. The largest absolute Gasteiger partial charge is 0.493 e. The molecule has 2 unspecified atom stereocenters. The van der Waals surface area contributed by atoms with Crippen LogP contribution in [0.5, 0.6) is 11.5 Å². The third kappa shape index (κ3) is 4.94. The predicted molar refractivity (Wildman–Crippen MR) is 114 cm³/mol. The van der Waals surface area contributed by atoms with Crippen molar-refractivity contribution in [1.29, 1.82) is 0 Å². The summed E-state index contributed by atoms with van der Waals surface area (Å²) in [5.74, 6) is 1.34. The van der Waals surface area contributed by atoms with Crippen molar-refractivity contribution in [2.45, 2.75) is 38.8 Å². The van der Waals surface area contributed by atoms with Gasteiger partial charge in [0.05, 0.1) is 7.11 Å². The topological polar surface area (TPSA) is 41.9 Å². The smallest absolute Gasteiger partial charge is 0.161 e. The van der Waals surface area contributed by atoms with Gasteiger partial charge in [-0.3, -0.25) is 4.90 Å². The molecule has 4 nitrogen and oxygen atoms in total. The van der Waals surface area contributed by atoms with Crippen LogP contribution in [0.1, 0.15) is 42.5 Å². The zero-order chi connectivity index (χ0) is 19.9. The monoisotopic (exact) mass is 381 g/mol. The number of aliphatic hydroxyl groups excluding tert-OH is 1. The van der Waals surface area contributed by atoms with E-state index in [1.165, 1.54) is 11.1 Å². The normalized spacial score (nSPS) is 18.5. The number of β-amino-alcohol motifs (C(OH)–C–C–N with tert-alkyl or cyclic N) is 1. The lowest BCUT2D eigenvalue weighted by atomic mass is 9.99. The molecule has 1 saturated heterocycles. The van der Waals surface area contributed by atoms with Crippen molar-refractivity contribution >= 4 is 6.08 Å². The zero-order valence-corrected chi connectivity index (χ0v) is 17.1. The van der Waals surface area contributed by atoms with Crippen molar-refractivity contribution in [2.24, 2.45) is 0 Å². The number of aliphatic hydroxyl groups is 1. The number of rotatable bonds is 8. The Balaban J connectivity index is 1.60. The van der Waals surface area contributed by atoms with Gasteiger partial charge in [-0.15, -0.1) is 0 Å². The number of ether oxygens (including phenoxy) is 2. The van der Waals surface area contributed by atoms with Crippen LogP contribution in [0.3, 0.4) is 0 Å². The Bertz CT molecular complexity index is 802. The molecule has 1 aliphatic heterocycles. The molecule has 2 atom stereocenters. The first-order chi connectivity index (χ1) is 13.6. The highest BCUT2D eigenvalue weighted by Crippen LogP contribution is 2.34. The number of allylic oxidation sites excluding steroid dienone is 1. The number of aryl methyl sites for hydroxylation is 1. The highest BCUT2D eigenvalue weighted by atomic mass is 16.5. The highest BCUT2D eigenvalue weighted by Gasteiger charge is 2.28. The molecule has 1 aliphatic rings. The molecule has 1 heterocycles. The number of hydrogen-bond acceptors (Lipinski definition) is 4. The predicted octanol–water partition coefficient (Wildman–Crippen LogP) is 4.61. The van der Waals surface area contributed by atoms with E-state index < -0.39 is 6.10 Å². The minimum Gasteiger partial charge on any atom is -0.493 e. The number of benzene rings is 2. The van der Waals surface area contributed by atoms with E-state index in [0.717, 1.165) is 24.9 Å². The lowest BCUT2D eigenvalue weighted by molar-refractivity contribution is 0.0628.